The molecule has 1 unspecified atom stereocenters. The Kier molecular flexibility index (Phi) is 6.47. The van der Waals surface area contributed by atoms with E-state index >= 15 is 0 Å². The van der Waals surface area contributed by atoms with Crippen molar-refractivity contribution >= 4 is 29.0 Å². The van der Waals surface area contributed by atoms with Crippen LogP contribution in [-0.2, 0) is 17.8 Å². The van der Waals surface area contributed by atoms with Gasteiger partial charge in [0.25, 0.3) is 5.56 Å². The lowest BCUT2D eigenvalue weighted by molar-refractivity contribution is -0.120. The first-order valence-electron chi connectivity index (χ1n) is 8.63. The first-order chi connectivity index (χ1) is 13.0. The average molecular weight is 400 g/mol. The van der Waals surface area contributed by atoms with Gasteiger partial charge in [-0.2, -0.15) is 0 Å². The second kappa shape index (κ2) is 9.01. The number of carbonyl (C=O) groups is 1. The quantitative estimate of drug-likeness (QED) is 0.467. The predicted octanol–water partition coefficient (Wildman–Crippen LogP) is 3.85. The van der Waals surface area contributed by atoms with Gasteiger partial charge in [0.2, 0.25) is 5.91 Å². The number of rotatable bonds is 7. The molecule has 7 heteroatoms. The van der Waals surface area contributed by atoms with E-state index < -0.39 is 0 Å². The number of aromatic amines is 1. The number of thioether (sulfide) groups is 1. The van der Waals surface area contributed by atoms with Gasteiger partial charge < -0.3 is 10.3 Å². The molecular formula is C20H21N3O2S2. The van der Waals surface area contributed by atoms with Gasteiger partial charge in [0.15, 0.2) is 5.16 Å². The molecule has 27 heavy (non-hydrogen) atoms. The zero-order valence-corrected chi connectivity index (χ0v) is 16.8. The van der Waals surface area contributed by atoms with Gasteiger partial charge in [-0.1, -0.05) is 48.2 Å². The minimum Gasteiger partial charge on any atom is -0.351 e. The molecule has 3 rings (SSSR count). The molecule has 2 heterocycles. The summed E-state index contributed by atoms with van der Waals surface area (Å²) in [4.78, 5) is 33.0. The van der Waals surface area contributed by atoms with Crippen molar-refractivity contribution in [1.29, 1.82) is 0 Å². The van der Waals surface area contributed by atoms with Gasteiger partial charge in [-0.25, -0.2) is 4.98 Å². The van der Waals surface area contributed by atoms with E-state index in [-0.39, 0.29) is 23.1 Å². The highest BCUT2D eigenvalue weighted by Crippen LogP contribution is 2.32. The van der Waals surface area contributed by atoms with Crippen LogP contribution in [0.4, 0.5) is 0 Å². The Labute approximate surface area is 166 Å². The van der Waals surface area contributed by atoms with E-state index in [1.165, 1.54) is 17.3 Å². The summed E-state index contributed by atoms with van der Waals surface area (Å²) < 4.78 is 0. The summed E-state index contributed by atoms with van der Waals surface area (Å²) in [5, 5.41) is 5.53. The zero-order valence-electron chi connectivity index (χ0n) is 15.2. The predicted molar refractivity (Wildman–Crippen MR) is 110 cm³/mol. The van der Waals surface area contributed by atoms with E-state index in [0.29, 0.717) is 23.0 Å². The van der Waals surface area contributed by atoms with Crippen LogP contribution in [0.25, 0.3) is 0 Å². The lowest BCUT2D eigenvalue weighted by Crippen LogP contribution is -2.28. The maximum atomic E-state index is 12.5. The molecule has 1 amide bonds. The van der Waals surface area contributed by atoms with Gasteiger partial charge in [-0.3, -0.25) is 9.59 Å². The van der Waals surface area contributed by atoms with Crippen molar-refractivity contribution in [3.63, 3.8) is 0 Å². The first-order valence-corrected chi connectivity index (χ1v) is 10.4. The van der Waals surface area contributed by atoms with Crippen molar-refractivity contribution in [2.75, 3.05) is 0 Å². The van der Waals surface area contributed by atoms with Crippen LogP contribution in [0.3, 0.4) is 0 Å². The molecule has 0 spiro atoms. The summed E-state index contributed by atoms with van der Waals surface area (Å²) in [6.45, 7) is 4.32. The molecule has 3 aromatic rings. The fourth-order valence-corrected chi connectivity index (χ4v) is 4.24. The van der Waals surface area contributed by atoms with Crippen LogP contribution >= 0.6 is 23.1 Å². The molecule has 1 atom stereocenters. The Balaban J connectivity index is 1.65. The van der Waals surface area contributed by atoms with Crippen LogP contribution in [-0.4, -0.2) is 15.9 Å². The number of hydrogen-bond donors (Lipinski definition) is 2. The molecule has 0 fully saturated rings. The third kappa shape index (κ3) is 5.30. The molecule has 0 radical (unpaired) electrons. The fourth-order valence-electron chi connectivity index (χ4n) is 2.63. The minimum absolute atomic E-state index is 0.0265. The Morgan fingerprint density at radius 3 is 2.70 bits per heavy atom. The van der Waals surface area contributed by atoms with E-state index in [0.717, 1.165) is 4.88 Å². The van der Waals surface area contributed by atoms with E-state index in [1.807, 2.05) is 35.7 Å². The Morgan fingerprint density at radius 1 is 1.26 bits per heavy atom. The molecule has 1 aromatic carbocycles. The molecule has 2 N–H and O–H groups in total. The summed E-state index contributed by atoms with van der Waals surface area (Å²) in [6.07, 6.45) is 0.0265. The lowest BCUT2D eigenvalue weighted by atomic mass is 10.1. The molecule has 0 saturated heterocycles. The third-order valence-electron chi connectivity index (χ3n) is 4.14. The summed E-state index contributed by atoms with van der Waals surface area (Å²) >= 11 is 3.08. The molecule has 0 bridgehead atoms. The summed E-state index contributed by atoms with van der Waals surface area (Å²) in [7, 11) is 0. The molecule has 2 aromatic heterocycles. The first kappa shape index (κ1) is 19.4. The summed E-state index contributed by atoms with van der Waals surface area (Å²) in [5.41, 5.74) is 1.92. The van der Waals surface area contributed by atoms with Crippen molar-refractivity contribution in [2.24, 2.45) is 0 Å². The topological polar surface area (TPSA) is 74.8 Å². The van der Waals surface area contributed by atoms with E-state index in [9.17, 15) is 9.59 Å². The highest BCUT2D eigenvalue weighted by atomic mass is 32.2. The molecule has 0 saturated carbocycles. The van der Waals surface area contributed by atoms with Crippen molar-refractivity contribution in [2.45, 2.75) is 37.2 Å². The number of benzene rings is 1. The SMILES string of the molecule is Cc1nc(SC(C)c2ccccc2)[nH]c(=O)c1CC(=O)NCc1cccs1. The number of nitrogens with one attached hydrogen (secondary N) is 2. The molecule has 140 valence electrons. The molecular weight excluding hydrogens is 378 g/mol. The monoisotopic (exact) mass is 399 g/mol. The Bertz CT molecular complexity index is 953. The normalized spacial score (nSPS) is 11.9. The summed E-state index contributed by atoms with van der Waals surface area (Å²) in [5.74, 6) is -0.183. The number of H-pyrrole nitrogens is 1. The third-order valence-corrected chi connectivity index (χ3v) is 6.05. The van der Waals surface area contributed by atoms with Gasteiger partial charge in [0.1, 0.15) is 0 Å². The molecule has 0 aliphatic rings. The molecule has 0 aliphatic heterocycles. The van der Waals surface area contributed by atoms with Crippen LogP contribution in [0.5, 0.6) is 0 Å². The lowest BCUT2D eigenvalue weighted by Gasteiger charge is -2.12. The zero-order chi connectivity index (χ0) is 19.2. The molecule has 0 aliphatic carbocycles. The number of nitrogens with zero attached hydrogens (tertiary/aromatic N) is 1. The Hall–Kier alpha value is -2.38. The van der Waals surface area contributed by atoms with Crippen LogP contribution in [0.1, 0.15) is 33.9 Å². The largest absolute Gasteiger partial charge is 0.351 e. The average Bonchev–Trinajstić information content (AvgIpc) is 3.17. The van der Waals surface area contributed by atoms with Gasteiger partial charge in [-0.05, 0) is 30.9 Å². The maximum Gasteiger partial charge on any atom is 0.255 e. The van der Waals surface area contributed by atoms with Gasteiger partial charge in [0, 0.05) is 21.4 Å². The second-order valence-corrected chi connectivity index (χ2v) is 8.50. The fraction of sp³-hybridized carbons (Fsp3) is 0.250. The van der Waals surface area contributed by atoms with Gasteiger partial charge >= 0.3 is 0 Å². The van der Waals surface area contributed by atoms with E-state index in [1.54, 1.807) is 18.3 Å². The number of thiophene rings is 1. The van der Waals surface area contributed by atoms with Crippen LogP contribution < -0.4 is 10.9 Å². The molecule has 5 nitrogen and oxygen atoms in total. The second-order valence-electron chi connectivity index (χ2n) is 6.14. The highest BCUT2D eigenvalue weighted by molar-refractivity contribution is 7.99. The standard InChI is InChI=1S/C20H21N3O2S2/c1-13-17(11-18(24)21-12-16-9-6-10-26-16)19(25)23-20(22-13)27-14(2)15-7-4-3-5-8-15/h3-10,14H,11-12H2,1-2H3,(H,21,24)(H,22,23,25). The minimum atomic E-state index is -0.253. The van der Waals surface area contributed by atoms with Crippen molar-refractivity contribution in [3.05, 3.63) is 79.9 Å². The number of amides is 1. The number of aryl methyl sites for hydroxylation is 1. The van der Waals surface area contributed by atoms with Gasteiger partial charge in [0.05, 0.1) is 13.0 Å². The van der Waals surface area contributed by atoms with Crippen molar-refractivity contribution in [1.82, 2.24) is 15.3 Å². The number of hydrogen-bond acceptors (Lipinski definition) is 5. The van der Waals surface area contributed by atoms with Crippen molar-refractivity contribution in [3.8, 4) is 0 Å². The smallest absolute Gasteiger partial charge is 0.255 e. The number of carbonyl (C=O) groups excluding carboxylic acids is 1. The van der Waals surface area contributed by atoms with Gasteiger partial charge in [-0.15, -0.1) is 11.3 Å². The number of aromatic nitrogens is 2. The van der Waals surface area contributed by atoms with Crippen LogP contribution in [0.15, 0.2) is 57.8 Å². The van der Waals surface area contributed by atoms with Crippen molar-refractivity contribution < 1.29 is 4.79 Å². The van der Waals surface area contributed by atoms with Crippen LogP contribution in [0, 0.1) is 6.92 Å². The summed E-state index contributed by atoms with van der Waals surface area (Å²) in [6, 6.07) is 14.0. The highest BCUT2D eigenvalue weighted by Gasteiger charge is 2.15. The van der Waals surface area contributed by atoms with E-state index in [4.69, 9.17) is 0 Å². The Morgan fingerprint density at radius 2 is 2.04 bits per heavy atom. The maximum absolute atomic E-state index is 12.5. The van der Waals surface area contributed by atoms with Crippen LogP contribution in [0.2, 0.25) is 0 Å². The van der Waals surface area contributed by atoms with E-state index in [2.05, 4.69) is 34.3 Å².